The molecule has 0 unspecified atom stereocenters. The first-order valence-electron chi connectivity index (χ1n) is 7.82. The van der Waals surface area contributed by atoms with Gasteiger partial charge in [0.25, 0.3) is 0 Å². The Morgan fingerprint density at radius 3 is 2.24 bits per heavy atom. The van der Waals surface area contributed by atoms with Crippen molar-refractivity contribution in [2.45, 2.75) is 12.7 Å². The van der Waals surface area contributed by atoms with Crippen molar-refractivity contribution in [3.8, 4) is 17.2 Å². The van der Waals surface area contributed by atoms with Crippen LogP contribution in [0.25, 0.3) is 6.08 Å². The Hall–Kier alpha value is -2.47. The molecule has 2 aromatic rings. The first-order valence-corrected chi connectivity index (χ1v) is 9.53. The van der Waals surface area contributed by atoms with E-state index in [-0.39, 0.29) is 5.75 Å². The molecule has 0 N–H and O–H groups in total. The van der Waals surface area contributed by atoms with Crippen LogP contribution in [0.1, 0.15) is 18.1 Å². The van der Waals surface area contributed by atoms with Crippen LogP contribution in [0.2, 0.25) is 0 Å². The van der Waals surface area contributed by atoms with E-state index in [9.17, 15) is 8.42 Å². The summed E-state index contributed by atoms with van der Waals surface area (Å²) in [5.41, 5.74) is 1.42. The molecule has 0 heterocycles. The van der Waals surface area contributed by atoms with Crippen molar-refractivity contribution in [2.75, 3.05) is 20.8 Å². The minimum Gasteiger partial charge on any atom is -0.494 e. The highest BCUT2D eigenvalue weighted by atomic mass is 32.2. The van der Waals surface area contributed by atoms with Crippen LogP contribution >= 0.6 is 0 Å². The largest absolute Gasteiger partial charge is 0.494 e. The summed E-state index contributed by atoms with van der Waals surface area (Å²) in [6, 6.07) is 12.3. The molecule has 25 heavy (non-hydrogen) atoms. The summed E-state index contributed by atoms with van der Waals surface area (Å²) in [5, 5.41) is 1.22. The minimum absolute atomic E-state index is 0.110. The summed E-state index contributed by atoms with van der Waals surface area (Å²) in [5.74, 6) is 1.72. The van der Waals surface area contributed by atoms with Crippen LogP contribution < -0.4 is 14.2 Å². The van der Waals surface area contributed by atoms with Crippen LogP contribution in [0, 0.1) is 0 Å². The van der Waals surface area contributed by atoms with E-state index in [0.29, 0.717) is 23.7 Å². The lowest BCUT2D eigenvalue weighted by molar-refractivity contribution is 0.340. The Kier molecular flexibility index (Phi) is 6.47. The van der Waals surface area contributed by atoms with Crippen molar-refractivity contribution in [1.29, 1.82) is 0 Å². The number of hydrogen-bond acceptors (Lipinski definition) is 5. The molecule has 134 valence electrons. The fraction of sp³-hybridized carbons (Fsp3) is 0.263. The van der Waals surface area contributed by atoms with Gasteiger partial charge in [0, 0.05) is 5.41 Å². The van der Waals surface area contributed by atoms with Crippen LogP contribution in [0.15, 0.2) is 47.9 Å². The molecule has 0 spiro atoms. The van der Waals surface area contributed by atoms with E-state index >= 15 is 0 Å². The average Bonchev–Trinajstić information content (AvgIpc) is 2.61. The van der Waals surface area contributed by atoms with E-state index in [1.807, 2.05) is 31.2 Å². The lowest BCUT2D eigenvalue weighted by Gasteiger charge is -2.09. The van der Waals surface area contributed by atoms with Gasteiger partial charge in [-0.05, 0) is 48.4 Å². The molecule has 0 amide bonds. The van der Waals surface area contributed by atoms with Gasteiger partial charge in [-0.25, -0.2) is 8.42 Å². The molecule has 0 fully saturated rings. The molecule has 0 aromatic heterocycles. The van der Waals surface area contributed by atoms with Gasteiger partial charge in [-0.3, -0.25) is 0 Å². The van der Waals surface area contributed by atoms with Crippen molar-refractivity contribution in [1.82, 2.24) is 0 Å². The van der Waals surface area contributed by atoms with Crippen molar-refractivity contribution >= 4 is 15.9 Å². The lowest BCUT2D eigenvalue weighted by Crippen LogP contribution is -2.01. The Labute approximate surface area is 148 Å². The van der Waals surface area contributed by atoms with Crippen LogP contribution in [0.5, 0.6) is 17.2 Å². The molecular formula is C19H22O5S. The number of ether oxygens (including phenoxy) is 3. The highest BCUT2D eigenvalue weighted by Crippen LogP contribution is 2.28. The monoisotopic (exact) mass is 362 g/mol. The molecule has 0 radical (unpaired) electrons. The summed E-state index contributed by atoms with van der Waals surface area (Å²) in [7, 11) is -0.355. The molecule has 0 saturated heterocycles. The smallest absolute Gasteiger partial charge is 0.175 e. The maximum Gasteiger partial charge on any atom is 0.175 e. The molecule has 0 bridgehead atoms. The van der Waals surface area contributed by atoms with Gasteiger partial charge in [-0.2, -0.15) is 0 Å². The first kappa shape index (κ1) is 18.9. The number of sulfone groups is 1. The van der Waals surface area contributed by atoms with Gasteiger partial charge < -0.3 is 14.2 Å². The third-order valence-electron chi connectivity index (χ3n) is 3.47. The third kappa shape index (κ3) is 5.53. The van der Waals surface area contributed by atoms with Crippen LogP contribution in [-0.4, -0.2) is 29.2 Å². The van der Waals surface area contributed by atoms with Crippen molar-refractivity contribution in [3.63, 3.8) is 0 Å². The second kappa shape index (κ2) is 8.58. The molecule has 2 aromatic carbocycles. The standard InChI is InChI=1S/C19H22O5S/c1-4-24-17-8-5-15(6-9-17)11-12-25(20,21)14-16-7-10-18(22-2)19(13-16)23-3/h5-13H,4,14H2,1-3H3. The summed E-state index contributed by atoms with van der Waals surface area (Å²) in [6.45, 7) is 2.50. The normalized spacial score (nSPS) is 11.5. The van der Waals surface area contributed by atoms with Gasteiger partial charge in [0.1, 0.15) is 5.75 Å². The zero-order valence-electron chi connectivity index (χ0n) is 14.6. The quantitative estimate of drug-likeness (QED) is 0.717. The SMILES string of the molecule is CCOc1ccc(C=CS(=O)(=O)Cc2ccc(OC)c(OC)c2)cc1. The fourth-order valence-corrected chi connectivity index (χ4v) is 3.38. The third-order valence-corrected chi connectivity index (χ3v) is 4.76. The lowest BCUT2D eigenvalue weighted by atomic mass is 10.2. The van der Waals surface area contributed by atoms with Crippen LogP contribution in [-0.2, 0) is 15.6 Å². The highest BCUT2D eigenvalue weighted by Gasteiger charge is 2.11. The Morgan fingerprint density at radius 1 is 0.960 bits per heavy atom. The fourth-order valence-electron chi connectivity index (χ4n) is 2.27. The summed E-state index contributed by atoms with van der Waals surface area (Å²) in [4.78, 5) is 0. The zero-order valence-corrected chi connectivity index (χ0v) is 15.4. The van der Waals surface area contributed by atoms with E-state index in [2.05, 4.69) is 0 Å². The first-order chi connectivity index (χ1) is 12.0. The number of benzene rings is 2. The topological polar surface area (TPSA) is 61.8 Å². The second-order valence-electron chi connectivity index (χ2n) is 5.30. The second-order valence-corrected chi connectivity index (χ2v) is 7.19. The Morgan fingerprint density at radius 2 is 1.64 bits per heavy atom. The van der Waals surface area contributed by atoms with E-state index < -0.39 is 9.84 Å². The number of rotatable bonds is 8. The number of methoxy groups -OCH3 is 2. The minimum atomic E-state index is -3.41. The summed E-state index contributed by atoms with van der Waals surface area (Å²) in [6.07, 6.45) is 1.58. The van der Waals surface area contributed by atoms with Gasteiger partial charge >= 0.3 is 0 Å². The van der Waals surface area contributed by atoms with Crippen molar-refractivity contribution < 1.29 is 22.6 Å². The van der Waals surface area contributed by atoms with Gasteiger partial charge in [0.15, 0.2) is 21.3 Å². The Balaban J connectivity index is 2.11. The van der Waals surface area contributed by atoms with E-state index in [1.165, 1.54) is 19.6 Å². The summed E-state index contributed by atoms with van der Waals surface area (Å²) >= 11 is 0. The van der Waals surface area contributed by atoms with Crippen molar-refractivity contribution in [2.24, 2.45) is 0 Å². The zero-order chi connectivity index (χ0) is 18.3. The molecule has 0 aliphatic heterocycles. The van der Waals surface area contributed by atoms with Gasteiger partial charge in [0.05, 0.1) is 26.6 Å². The maximum absolute atomic E-state index is 12.3. The number of hydrogen-bond donors (Lipinski definition) is 0. The van der Waals surface area contributed by atoms with E-state index in [0.717, 1.165) is 11.3 Å². The molecule has 0 atom stereocenters. The van der Waals surface area contributed by atoms with E-state index in [4.69, 9.17) is 14.2 Å². The molecular weight excluding hydrogens is 340 g/mol. The molecule has 6 heteroatoms. The molecule has 2 rings (SSSR count). The summed E-state index contributed by atoms with van der Waals surface area (Å²) < 4.78 is 40.3. The molecule has 0 aliphatic rings. The maximum atomic E-state index is 12.3. The molecule has 0 saturated carbocycles. The van der Waals surface area contributed by atoms with Crippen LogP contribution in [0.4, 0.5) is 0 Å². The van der Waals surface area contributed by atoms with Crippen molar-refractivity contribution in [3.05, 3.63) is 59.0 Å². The molecule has 5 nitrogen and oxygen atoms in total. The van der Waals surface area contributed by atoms with Gasteiger partial charge in [0.2, 0.25) is 0 Å². The molecule has 0 aliphatic carbocycles. The highest BCUT2D eigenvalue weighted by molar-refractivity contribution is 7.93. The Bertz CT molecular complexity index is 823. The predicted molar refractivity (Wildman–Crippen MR) is 98.8 cm³/mol. The van der Waals surface area contributed by atoms with E-state index in [1.54, 1.807) is 24.3 Å². The van der Waals surface area contributed by atoms with Gasteiger partial charge in [-0.1, -0.05) is 18.2 Å². The van der Waals surface area contributed by atoms with Gasteiger partial charge in [-0.15, -0.1) is 0 Å². The predicted octanol–water partition coefficient (Wildman–Crippen LogP) is 3.69. The average molecular weight is 362 g/mol. The van der Waals surface area contributed by atoms with Crippen LogP contribution in [0.3, 0.4) is 0 Å².